The molecule has 2 heterocycles. The third-order valence-corrected chi connectivity index (χ3v) is 13.7. The molecule has 0 amide bonds. The predicted octanol–water partition coefficient (Wildman–Crippen LogP) is 14.2. The van der Waals surface area contributed by atoms with E-state index in [4.69, 9.17) is 19.4 Å². The highest BCUT2D eigenvalue weighted by Gasteiger charge is 2.51. The topological polar surface area (TPSA) is 51.8 Å². The summed E-state index contributed by atoms with van der Waals surface area (Å²) in [7, 11) is 0. The average molecular weight is 762 g/mol. The molecule has 4 heteroatoms. The van der Waals surface area contributed by atoms with Gasteiger partial charge in [0.2, 0.25) is 0 Å². The van der Waals surface area contributed by atoms with Crippen LogP contribution in [0.1, 0.15) is 44.1 Å². The van der Waals surface area contributed by atoms with Crippen LogP contribution in [0.25, 0.3) is 89.5 Å². The summed E-state index contributed by atoms with van der Waals surface area (Å²) in [4.78, 5) is 15.6. The molecule has 4 nitrogen and oxygen atoms in total. The zero-order valence-corrected chi connectivity index (χ0v) is 32.9. The number of aromatic nitrogens is 3. The first-order valence-electron chi connectivity index (χ1n) is 21.3. The predicted molar refractivity (Wildman–Crippen MR) is 240 cm³/mol. The standard InChI is InChI=1S/C55H43N3O/c1-3-9-38(10-4-1)39-15-17-42(18-16-39)53-56-52(41-11-5-2-6-12-41)57-54(58-53)48-26-22-43(44-21-25-47-46-13-7-8-14-50(46)59-51(47)31-44)30-49(48)40-19-23-45(24-20-40)55-32-35-27-36(33-55)29-37(28-35)34-55/h1-26,30-31,35-37H,27-29,32-34H2. The fourth-order valence-electron chi connectivity index (χ4n) is 11.3. The van der Waals surface area contributed by atoms with Crippen molar-refractivity contribution < 1.29 is 4.42 Å². The molecule has 4 bridgehead atoms. The van der Waals surface area contributed by atoms with Crippen LogP contribution in [0.3, 0.4) is 0 Å². The molecule has 7 aromatic carbocycles. The Bertz CT molecular complexity index is 2970. The molecule has 59 heavy (non-hydrogen) atoms. The second-order valence-corrected chi connectivity index (χ2v) is 17.5. The fraction of sp³-hybridized carbons (Fsp3) is 0.182. The van der Waals surface area contributed by atoms with Crippen molar-refractivity contribution in [3.8, 4) is 67.5 Å². The molecule has 0 saturated heterocycles. The first-order valence-corrected chi connectivity index (χ1v) is 21.3. The van der Waals surface area contributed by atoms with Crippen molar-refractivity contribution in [2.45, 2.75) is 43.9 Å². The number of hydrogen-bond donors (Lipinski definition) is 0. The van der Waals surface area contributed by atoms with Crippen LogP contribution in [0.5, 0.6) is 0 Å². The SMILES string of the molecule is c1ccc(-c2ccc(-c3nc(-c4ccccc4)nc(-c4ccc(-c5ccc6c(c5)oc5ccccc56)cc4-c4ccc(C56CC7CC(CC(C7)C5)C6)cc4)n3)cc2)cc1. The number of benzene rings is 7. The zero-order chi connectivity index (χ0) is 38.9. The Kier molecular flexibility index (Phi) is 8.01. The van der Waals surface area contributed by atoms with E-state index >= 15 is 0 Å². The van der Waals surface area contributed by atoms with E-state index in [2.05, 4.69) is 133 Å². The molecule has 4 aliphatic rings. The van der Waals surface area contributed by atoms with E-state index in [1.165, 1.54) is 49.7 Å². The fourth-order valence-corrected chi connectivity index (χ4v) is 11.3. The van der Waals surface area contributed by atoms with Crippen molar-refractivity contribution in [1.29, 1.82) is 0 Å². The molecular weight excluding hydrogens is 719 g/mol. The van der Waals surface area contributed by atoms with Gasteiger partial charge in [0.25, 0.3) is 0 Å². The number of fused-ring (bicyclic) bond motifs is 3. The van der Waals surface area contributed by atoms with Crippen molar-refractivity contribution in [3.05, 3.63) is 175 Å². The quantitative estimate of drug-likeness (QED) is 0.162. The molecule has 13 rings (SSSR count). The normalized spacial score (nSPS) is 20.7. The first-order chi connectivity index (χ1) is 29.1. The van der Waals surface area contributed by atoms with Crippen molar-refractivity contribution >= 4 is 21.9 Å². The van der Waals surface area contributed by atoms with Gasteiger partial charge in [-0.2, -0.15) is 0 Å². The molecule has 4 fully saturated rings. The van der Waals surface area contributed by atoms with Gasteiger partial charge < -0.3 is 4.42 Å². The van der Waals surface area contributed by atoms with Crippen LogP contribution in [0.2, 0.25) is 0 Å². The minimum Gasteiger partial charge on any atom is -0.456 e. The maximum atomic E-state index is 6.35. The number of rotatable bonds is 7. The first kappa shape index (κ1) is 34.4. The van der Waals surface area contributed by atoms with Crippen LogP contribution in [0.15, 0.2) is 174 Å². The average Bonchev–Trinajstić information content (AvgIpc) is 3.67. The Hall–Kier alpha value is -6.65. The van der Waals surface area contributed by atoms with Crippen molar-refractivity contribution in [1.82, 2.24) is 15.0 Å². The second kappa shape index (κ2) is 13.7. The number of hydrogen-bond acceptors (Lipinski definition) is 4. The van der Waals surface area contributed by atoms with Gasteiger partial charge in [-0.05, 0) is 131 Å². The Balaban J connectivity index is 1.00. The van der Waals surface area contributed by atoms with Gasteiger partial charge >= 0.3 is 0 Å². The highest BCUT2D eigenvalue weighted by molar-refractivity contribution is 6.06. The summed E-state index contributed by atoms with van der Waals surface area (Å²) in [5.41, 5.74) is 13.4. The van der Waals surface area contributed by atoms with Gasteiger partial charge in [0.05, 0.1) is 0 Å². The van der Waals surface area contributed by atoms with Gasteiger partial charge in [-0.15, -0.1) is 0 Å². The van der Waals surface area contributed by atoms with E-state index in [0.29, 0.717) is 22.9 Å². The van der Waals surface area contributed by atoms with Crippen LogP contribution >= 0.6 is 0 Å². The molecule has 0 spiro atoms. The lowest BCUT2D eigenvalue weighted by molar-refractivity contribution is -0.00518. The summed E-state index contributed by atoms with van der Waals surface area (Å²) in [5, 5.41) is 2.27. The van der Waals surface area contributed by atoms with E-state index < -0.39 is 0 Å². The van der Waals surface area contributed by atoms with Crippen LogP contribution in [0, 0.1) is 17.8 Å². The molecule has 4 aliphatic carbocycles. The van der Waals surface area contributed by atoms with Gasteiger partial charge in [-0.25, -0.2) is 15.0 Å². The van der Waals surface area contributed by atoms with Crippen molar-refractivity contribution in [2.75, 3.05) is 0 Å². The lowest BCUT2D eigenvalue weighted by Crippen LogP contribution is -2.48. The van der Waals surface area contributed by atoms with Gasteiger partial charge in [-0.3, -0.25) is 0 Å². The molecular formula is C55H43N3O. The summed E-state index contributed by atoms with van der Waals surface area (Å²) in [6, 6.07) is 60.5. The Morgan fingerprint density at radius 1 is 0.373 bits per heavy atom. The number of para-hydroxylation sites is 1. The van der Waals surface area contributed by atoms with Gasteiger partial charge in [-0.1, -0.05) is 140 Å². The molecule has 0 atom stereocenters. The summed E-state index contributed by atoms with van der Waals surface area (Å²) in [6.07, 6.45) is 8.40. The molecule has 9 aromatic rings. The highest BCUT2D eigenvalue weighted by atomic mass is 16.3. The minimum absolute atomic E-state index is 0.337. The van der Waals surface area contributed by atoms with Crippen LogP contribution in [-0.4, -0.2) is 15.0 Å². The van der Waals surface area contributed by atoms with Crippen LogP contribution in [-0.2, 0) is 5.41 Å². The summed E-state index contributed by atoms with van der Waals surface area (Å²) < 4.78 is 6.35. The van der Waals surface area contributed by atoms with E-state index in [1.54, 1.807) is 0 Å². The smallest absolute Gasteiger partial charge is 0.164 e. The monoisotopic (exact) mass is 761 g/mol. The van der Waals surface area contributed by atoms with E-state index in [9.17, 15) is 0 Å². The van der Waals surface area contributed by atoms with E-state index in [1.807, 2.05) is 36.4 Å². The molecule has 4 saturated carbocycles. The summed E-state index contributed by atoms with van der Waals surface area (Å²) in [6.45, 7) is 0. The largest absolute Gasteiger partial charge is 0.456 e. The molecule has 2 aromatic heterocycles. The van der Waals surface area contributed by atoms with Crippen LogP contribution in [0.4, 0.5) is 0 Å². The van der Waals surface area contributed by atoms with E-state index in [0.717, 1.165) is 84.2 Å². The Morgan fingerprint density at radius 3 is 1.56 bits per heavy atom. The lowest BCUT2D eigenvalue weighted by atomic mass is 9.48. The van der Waals surface area contributed by atoms with E-state index in [-0.39, 0.29) is 0 Å². The number of furan rings is 1. The lowest BCUT2D eigenvalue weighted by Gasteiger charge is -2.57. The molecule has 0 unspecified atom stereocenters. The maximum Gasteiger partial charge on any atom is 0.164 e. The third-order valence-electron chi connectivity index (χ3n) is 13.7. The Labute approximate surface area is 344 Å². The molecule has 0 N–H and O–H groups in total. The number of nitrogens with zero attached hydrogens (tertiary/aromatic N) is 3. The maximum absolute atomic E-state index is 6.35. The second-order valence-electron chi connectivity index (χ2n) is 17.5. The summed E-state index contributed by atoms with van der Waals surface area (Å²) in [5.74, 6) is 4.66. The van der Waals surface area contributed by atoms with Crippen molar-refractivity contribution in [3.63, 3.8) is 0 Å². The molecule has 0 radical (unpaired) electrons. The molecule has 284 valence electrons. The van der Waals surface area contributed by atoms with Gasteiger partial charge in [0.15, 0.2) is 17.5 Å². The Morgan fingerprint density at radius 2 is 0.864 bits per heavy atom. The molecule has 0 aliphatic heterocycles. The van der Waals surface area contributed by atoms with Crippen molar-refractivity contribution in [2.24, 2.45) is 17.8 Å². The van der Waals surface area contributed by atoms with Gasteiger partial charge in [0, 0.05) is 27.5 Å². The summed E-state index contributed by atoms with van der Waals surface area (Å²) >= 11 is 0. The zero-order valence-electron chi connectivity index (χ0n) is 32.9. The highest BCUT2D eigenvalue weighted by Crippen LogP contribution is 2.60. The minimum atomic E-state index is 0.337. The van der Waals surface area contributed by atoms with Gasteiger partial charge in [0.1, 0.15) is 11.2 Å². The van der Waals surface area contributed by atoms with Crippen LogP contribution < -0.4 is 0 Å². The third kappa shape index (κ3) is 6.09.